The van der Waals surface area contributed by atoms with Crippen LogP contribution in [0.5, 0.6) is 5.75 Å². The lowest BCUT2D eigenvalue weighted by Gasteiger charge is -2.38. The molecule has 2 heterocycles. The number of piperidine rings is 1. The molecule has 2 aliphatic heterocycles. The lowest BCUT2D eigenvalue weighted by molar-refractivity contribution is -0.129. The Kier molecular flexibility index (Phi) is 7.44. The lowest BCUT2D eigenvalue weighted by Crippen LogP contribution is -2.53. The number of amides is 2. The van der Waals surface area contributed by atoms with Gasteiger partial charge in [-0.1, -0.05) is 42.5 Å². The molecule has 0 aromatic heterocycles. The number of anilines is 1. The summed E-state index contributed by atoms with van der Waals surface area (Å²) in [4.78, 5) is 28.2. The van der Waals surface area contributed by atoms with Gasteiger partial charge in [0.05, 0.1) is 17.1 Å². The van der Waals surface area contributed by atoms with E-state index in [1.165, 1.54) is 16.4 Å². The van der Waals surface area contributed by atoms with Crippen LogP contribution < -0.4 is 15.0 Å². The largest absolute Gasteiger partial charge is 0.477 e. The molecule has 0 unspecified atom stereocenters. The van der Waals surface area contributed by atoms with E-state index in [4.69, 9.17) is 4.74 Å². The molecule has 0 saturated carbocycles. The number of fused-ring (bicyclic) bond motifs is 1. The number of para-hydroxylation sites is 2. The fraction of sp³-hybridized carbons (Fsp3) is 0.286. The summed E-state index contributed by atoms with van der Waals surface area (Å²) in [6, 6.07) is 21.3. The van der Waals surface area contributed by atoms with Crippen LogP contribution in [0.1, 0.15) is 18.4 Å². The van der Waals surface area contributed by atoms with Gasteiger partial charge in [0.25, 0.3) is 5.91 Å². The van der Waals surface area contributed by atoms with Crippen LogP contribution in [-0.2, 0) is 26.2 Å². The molecule has 198 valence electrons. The van der Waals surface area contributed by atoms with Crippen LogP contribution in [0.15, 0.2) is 83.8 Å². The van der Waals surface area contributed by atoms with E-state index in [1.807, 2.05) is 30.3 Å². The fourth-order valence-corrected chi connectivity index (χ4v) is 6.27. The van der Waals surface area contributed by atoms with Crippen LogP contribution in [0.25, 0.3) is 0 Å². The van der Waals surface area contributed by atoms with Crippen LogP contribution in [-0.4, -0.2) is 50.3 Å². The van der Waals surface area contributed by atoms with Gasteiger partial charge in [0.2, 0.25) is 15.9 Å². The molecule has 3 aromatic rings. The summed E-state index contributed by atoms with van der Waals surface area (Å²) < 4.78 is 46.5. The zero-order valence-electron chi connectivity index (χ0n) is 20.6. The predicted molar refractivity (Wildman–Crippen MR) is 139 cm³/mol. The van der Waals surface area contributed by atoms with Gasteiger partial charge >= 0.3 is 0 Å². The highest BCUT2D eigenvalue weighted by atomic mass is 32.2. The molecule has 1 saturated heterocycles. The molecule has 3 aromatic carbocycles. The van der Waals surface area contributed by atoms with E-state index in [2.05, 4.69) is 5.32 Å². The van der Waals surface area contributed by atoms with Crippen molar-refractivity contribution in [2.45, 2.75) is 30.4 Å². The molecular formula is C28H28FN3O5S. The number of carbonyl (C=O) groups excluding carboxylic acids is 2. The zero-order chi connectivity index (χ0) is 26.7. The maximum Gasteiger partial charge on any atom is 0.263 e. The second-order valence-corrected chi connectivity index (χ2v) is 11.3. The van der Waals surface area contributed by atoms with E-state index in [0.717, 1.165) is 17.7 Å². The van der Waals surface area contributed by atoms with Crippen molar-refractivity contribution in [1.82, 2.24) is 9.62 Å². The fourth-order valence-electron chi connectivity index (χ4n) is 4.80. The van der Waals surface area contributed by atoms with Crippen LogP contribution in [0.3, 0.4) is 0 Å². The van der Waals surface area contributed by atoms with Gasteiger partial charge < -0.3 is 15.0 Å². The number of rotatable bonds is 6. The minimum Gasteiger partial charge on any atom is -0.477 e. The van der Waals surface area contributed by atoms with Gasteiger partial charge in [-0.05, 0) is 54.8 Å². The summed E-state index contributed by atoms with van der Waals surface area (Å²) in [6.07, 6.45) is -0.204. The number of hydrogen-bond acceptors (Lipinski definition) is 5. The summed E-state index contributed by atoms with van der Waals surface area (Å²) in [5, 5.41) is 2.88. The van der Waals surface area contributed by atoms with Gasteiger partial charge in [-0.15, -0.1) is 0 Å². The molecule has 2 aliphatic rings. The van der Waals surface area contributed by atoms with E-state index in [-0.39, 0.29) is 36.3 Å². The second kappa shape index (κ2) is 10.9. The van der Waals surface area contributed by atoms with E-state index >= 15 is 0 Å². The van der Waals surface area contributed by atoms with Gasteiger partial charge in [-0.25, -0.2) is 12.8 Å². The van der Waals surface area contributed by atoms with Crippen molar-refractivity contribution in [2.75, 3.05) is 24.5 Å². The number of hydrogen-bond donors (Lipinski definition) is 1. The van der Waals surface area contributed by atoms with Crippen molar-refractivity contribution in [2.24, 2.45) is 5.92 Å². The normalized spacial score (nSPS) is 18.3. The Hall–Kier alpha value is -3.76. The van der Waals surface area contributed by atoms with Crippen molar-refractivity contribution in [3.8, 4) is 5.75 Å². The highest BCUT2D eigenvalue weighted by Gasteiger charge is 2.39. The minimum absolute atomic E-state index is 0.0233. The van der Waals surface area contributed by atoms with Gasteiger partial charge in [-0.3, -0.25) is 9.59 Å². The molecule has 0 aliphatic carbocycles. The maximum absolute atomic E-state index is 13.7. The number of sulfonamides is 1. The summed E-state index contributed by atoms with van der Waals surface area (Å²) in [7, 11) is -3.78. The first-order chi connectivity index (χ1) is 18.3. The van der Waals surface area contributed by atoms with Crippen molar-refractivity contribution < 1.29 is 27.1 Å². The summed E-state index contributed by atoms with van der Waals surface area (Å²) >= 11 is 0. The SMILES string of the molecule is O=C(NCc1ccccc1)[C@H]1CN(C(=O)C2CCN(S(=O)(=O)c3ccc(F)cc3)CC2)c2ccccc2O1. The number of carbonyl (C=O) groups is 2. The van der Waals surface area contributed by atoms with Crippen LogP contribution in [0.2, 0.25) is 0 Å². The van der Waals surface area contributed by atoms with E-state index in [0.29, 0.717) is 30.8 Å². The highest BCUT2D eigenvalue weighted by Crippen LogP contribution is 2.35. The number of nitrogens with zero attached hydrogens (tertiary/aromatic N) is 2. The van der Waals surface area contributed by atoms with Crippen LogP contribution >= 0.6 is 0 Å². The Labute approximate surface area is 221 Å². The first-order valence-corrected chi connectivity index (χ1v) is 13.9. The molecule has 8 nitrogen and oxygen atoms in total. The van der Waals surface area contributed by atoms with E-state index in [1.54, 1.807) is 29.2 Å². The maximum atomic E-state index is 13.7. The monoisotopic (exact) mass is 537 g/mol. The van der Waals surface area contributed by atoms with E-state index < -0.39 is 27.9 Å². The van der Waals surface area contributed by atoms with Crippen LogP contribution in [0, 0.1) is 11.7 Å². The smallest absolute Gasteiger partial charge is 0.263 e. The van der Waals surface area contributed by atoms with Crippen molar-refractivity contribution in [3.05, 3.63) is 90.2 Å². The summed E-state index contributed by atoms with van der Waals surface area (Å²) in [5.41, 5.74) is 1.54. The molecule has 1 fully saturated rings. The van der Waals surface area contributed by atoms with Crippen LogP contribution in [0.4, 0.5) is 10.1 Å². The van der Waals surface area contributed by atoms with Gasteiger partial charge in [0.1, 0.15) is 11.6 Å². The highest BCUT2D eigenvalue weighted by molar-refractivity contribution is 7.89. The molecule has 1 N–H and O–H groups in total. The molecular weight excluding hydrogens is 509 g/mol. The third-order valence-corrected chi connectivity index (χ3v) is 8.81. The van der Waals surface area contributed by atoms with Crippen molar-refractivity contribution >= 4 is 27.5 Å². The Morgan fingerprint density at radius 3 is 2.29 bits per heavy atom. The molecule has 0 bridgehead atoms. The average molecular weight is 538 g/mol. The first-order valence-electron chi connectivity index (χ1n) is 12.5. The minimum atomic E-state index is -3.78. The number of halogens is 1. The Morgan fingerprint density at radius 1 is 0.921 bits per heavy atom. The number of ether oxygens (including phenoxy) is 1. The third-order valence-electron chi connectivity index (χ3n) is 6.90. The lowest BCUT2D eigenvalue weighted by atomic mass is 9.95. The van der Waals surface area contributed by atoms with Crippen molar-refractivity contribution in [3.63, 3.8) is 0 Å². The molecule has 10 heteroatoms. The molecule has 5 rings (SSSR count). The number of nitrogens with one attached hydrogen (secondary N) is 1. The zero-order valence-corrected chi connectivity index (χ0v) is 21.4. The second-order valence-electron chi connectivity index (χ2n) is 9.36. The van der Waals surface area contributed by atoms with Gasteiger partial charge in [0, 0.05) is 25.6 Å². The van der Waals surface area contributed by atoms with Gasteiger partial charge in [-0.2, -0.15) is 4.31 Å². The van der Waals surface area contributed by atoms with Gasteiger partial charge in [0.15, 0.2) is 6.10 Å². The standard InChI is InChI=1S/C28H28FN3O5S/c29-22-10-12-23(13-11-22)38(35,36)31-16-14-21(15-17-31)28(34)32-19-26(37-25-9-5-4-8-24(25)32)27(33)30-18-20-6-2-1-3-7-20/h1-13,21,26H,14-19H2,(H,30,33)/t26-/m1/s1. The molecule has 0 spiro atoms. The molecule has 1 atom stereocenters. The summed E-state index contributed by atoms with van der Waals surface area (Å²) in [6.45, 7) is 0.743. The topological polar surface area (TPSA) is 96.0 Å². The quantitative estimate of drug-likeness (QED) is 0.521. The first kappa shape index (κ1) is 25.9. The Balaban J connectivity index is 1.26. The average Bonchev–Trinajstić information content (AvgIpc) is 2.95. The molecule has 2 amide bonds. The third kappa shape index (κ3) is 5.41. The predicted octanol–water partition coefficient (Wildman–Crippen LogP) is 3.34. The molecule has 38 heavy (non-hydrogen) atoms. The number of benzene rings is 3. The Morgan fingerprint density at radius 2 is 1.58 bits per heavy atom. The Bertz CT molecular complexity index is 1410. The molecule has 0 radical (unpaired) electrons. The van der Waals surface area contributed by atoms with Crippen molar-refractivity contribution in [1.29, 1.82) is 0 Å². The van der Waals surface area contributed by atoms with E-state index in [9.17, 15) is 22.4 Å². The summed E-state index contributed by atoms with van der Waals surface area (Å²) in [5.74, 6) is -0.954.